The van der Waals surface area contributed by atoms with E-state index in [4.69, 9.17) is 16.7 Å². The van der Waals surface area contributed by atoms with Crippen molar-refractivity contribution in [2.75, 3.05) is 13.1 Å². The summed E-state index contributed by atoms with van der Waals surface area (Å²) >= 11 is 6.07. The van der Waals surface area contributed by atoms with Crippen LogP contribution in [0.5, 0.6) is 0 Å². The number of halogens is 1. The summed E-state index contributed by atoms with van der Waals surface area (Å²) < 4.78 is 0. The zero-order valence-electron chi connectivity index (χ0n) is 11.7. The number of hydrogen-bond acceptors (Lipinski definition) is 2. The van der Waals surface area contributed by atoms with Gasteiger partial charge in [-0.3, -0.25) is 9.59 Å². The van der Waals surface area contributed by atoms with E-state index in [1.54, 1.807) is 0 Å². The number of hydrogen-bond donors (Lipinski definition) is 1. The summed E-state index contributed by atoms with van der Waals surface area (Å²) in [5, 5.41) is 9.61. The molecule has 0 aromatic heterocycles. The number of nitrogens with zero attached hydrogens (tertiary/aromatic N) is 1. The second-order valence-electron chi connectivity index (χ2n) is 5.99. The summed E-state index contributed by atoms with van der Waals surface area (Å²) in [7, 11) is 0. The number of carboxylic acid groups (broad SMARTS) is 1. The molecule has 1 N–H and O–H groups in total. The second kappa shape index (κ2) is 5.68. The Labute approximate surface area is 128 Å². The molecule has 1 heterocycles. The van der Waals surface area contributed by atoms with Crippen LogP contribution in [0.25, 0.3) is 0 Å². The first-order chi connectivity index (χ1) is 10.1. The number of benzene rings is 1. The van der Waals surface area contributed by atoms with E-state index in [2.05, 4.69) is 0 Å². The molecule has 1 aliphatic heterocycles. The number of aryl methyl sites for hydroxylation is 1. The standard InChI is InChI=1S/C16H18ClNO3/c17-14-4-2-1-3-10(14)5-6-15(19)18-8-11(9-18)12-7-13(12)16(20)21/h1-4,11-13H,5-9H2,(H,20,21)/t12-,13+/m0/s1. The first-order valence-corrected chi connectivity index (χ1v) is 7.68. The number of aliphatic carboxylic acids is 1. The highest BCUT2D eigenvalue weighted by molar-refractivity contribution is 6.31. The number of rotatable bonds is 5. The minimum absolute atomic E-state index is 0.138. The van der Waals surface area contributed by atoms with Gasteiger partial charge in [0.05, 0.1) is 5.92 Å². The zero-order valence-corrected chi connectivity index (χ0v) is 12.4. The minimum atomic E-state index is -0.691. The van der Waals surface area contributed by atoms with Crippen molar-refractivity contribution in [3.8, 4) is 0 Å². The molecule has 1 amide bonds. The third kappa shape index (κ3) is 3.05. The number of carboxylic acids is 1. The Bertz CT molecular complexity index is 568. The van der Waals surface area contributed by atoms with Gasteiger partial charge in [0, 0.05) is 24.5 Å². The van der Waals surface area contributed by atoms with Crippen LogP contribution in [0, 0.1) is 17.8 Å². The van der Waals surface area contributed by atoms with Crippen LogP contribution in [0.3, 0.4) is 0 Å². The lowest BCUT2D eigenvalue weighted by molar-refractivity contribution is -0.140. The van der Waals surface area contributed by atoms with E-state index in [1.165, 1.54) is 0 Å². The van der Waals surface area contributed by atoms with Crippen LogP contribution in [0.15, 0.2) is 24.3 Å². The van der Waals surface area contributed by atoms with E-state index in [0.717, 1.165) is 25.1 Å². The molecule has 2 fully saturated rings. The van der Waals surface area contributed by atoms with Crippen molar-refractivity contribution in [1.29, 1.82) is 0 Å². The molecule has 1 aromatic carbocycles. The lowest BCUT2D eigenvalue weighted by Gasteiger charge is -2.40. The summed E-state index contributed by atoms with van der Waals surface area (Å²) in [6, 6.07) is 7.57. The molecule has 1 saturated carbocycles. The van der Waals surface area contributed by atoms with Gasteiger partial charge in [-0.15, -0.1) is 0 Å². The summed E-state index contributed by atoms with van der Waals surface area (Å²) in [4.78, 5) is 24.7. The van der Waals surface area contributed by atoms with Crippen molar-refractivity contribution < 1.29 is 14.7 Å². The smallest absolute Gasteiger partial charge is 0.306 e. The second-order valence-corrected chi connectivity index (χ2v) is 6.40. The topological polar surface area (TPSA) is 57.6 Å². The molecule has 1 aliphatic carbocycles. The van der Waals surface area contributed by atoms with Gasteiger partial charge < -0.3 is 10.0 Å². The molecule has 0 bridgehead atoms. The van der Waals surface area contributed by atoms with Gasteiger partial charge in [0.1, 0.15) is 0 Å². The van der Waals surface area contributed by atoms with Crippen molar-refractivity contribution in [3.63, 3.8) is 0 Å². The molecule has 21 heavy (non-hydrogen) atoms. The van der Waals surface area contributed by atoms with Crippen molar-refractivity contribution in [3.05, 3.63) is 34.9 Å². The van der Waals surface area contributed by atoms with Crippen LogP contribution < -0.4 is 0 Å². The normalized spacial score (nSPS) is 24.5. The van der Waals surface area contributed by atoms with Crippen LogP contribution in [-0.4, -0.2) is 35.0 Å². The van der Waals surface area contributed by atoms with Gasteiger partial charge in [0.15, 0.2) is 0 Å². The molecule has 0 spiro atoms. The Hall–Kier alpha value is -1.55. The maximum atomic E-state index is 12.1. The van der Waals surface area contributed by atoms with E-state index in [9.17, 15) is 9.59 Å². The fraction of sp³-hybridized carbons (Fsp3) is 0.500. The maximum absolute atomic E-state index is 12.1. The molecule has 2 atom stereocenters. The number of likely N-dealkylation sites (tertiary alicyclic amines) is 1. The SMILES string of the molecule is O=C(O)[C@@H]1C[C@H]1C1CN(C(=O)CCc2ccccc2Cl)C1. The Morgan fingerprint density at radius 3 is 2.62 bits per heavy atom. The first-order valence-electron chi connectivity index (χ1n) is 7.30. The zero-order chi connectivity index (χ0) is 15.0. The van der Waals surface area contributed by atoms with E-state index < -0.39 is 5.97 Å². The van der Waals surface area contributed by atoms with E-state index >= 15 is 0 Å². The molecule has 0 radical (unpaired) electrons. The molecule has 1 aromatic rings. The van der Waals surface area contributed by atoms with Crippen LogP contribution in [0.4, 0.5) is 0 Å². The van der Waals surface area contributed by atoms with Crippen LogP contribution in [0.2, 0.25) is 5.02 Å². The highest BCUT2D eigenvalue weighted by Gasteiger charge is 2.51. The highest BCUT2D eigenvalue weighted by Crippen LogP contribution is 2.47. The quantitative estimate of drug-likeness (QED) is 0.909. The highest BCUT2D eigenvalue weighted by atomic mass is 35.5. The van der Waals surface area contributed by atoms with Crippen LogP contribution in [0.1, 0.15) is 18.4 Å². The summed E-state index contributed by atoms with van der Waals surface area (Å²) in [5.74, 6) is -0.0527. The van der Waals surface area contributed by atoms with Gasteiger partial charge in [-0.25, -0.2) is 0 Å². The predicted molar refractivity (Wildman–Crippen MR) is 79.1 cm³/mol. The monoisotopic (exact) mass is 307 g/mol. The van der Waals surface area contributed by atoms with Gasteiger partial charge in [0.25, 0.3) is 0 Å². The molecule has 1 saturated heterocycles. The molecule has 2 aliphatic rings. The van der Waals surface area contributed by atoms with Gasteiger partial charge >= 0.3 is 5.97 Å². The molecule has 5 heteroatoms. The third-order valence-corrected chi connectivity index (χ3v) is 4.96. The average molecular weight is 308 g/mol. The van der Waals surface area contributed by atoms with Crippen LogP contribution >= 0.6 is 11.6 Å². The third-order valence-electron chi connectivity index (χ3n) is 4.59. The molecule has 0 unspecified atom stereocenters. The van der Waals surface area contributed by atoms with Gasteiger partial charge in [0.2, 0.25) is 5.91 Å². The molecule has 3 rings (SSSR count). The van der Waals surface area contributed by atoms with Crippen molar-refractivity contribution in [2.45, 2.75) is 19.3 Å². The lowest BCUT2D eigenvalue weighted by atomic mass is 9.92. The van der Waals surface area contributed by atoms with Crippen LogP contribution in [-0.2, 0) is 16.0 Å². The minimum Gasteiger partial charge on any atom is -0.481 e. The molecule has 112 valence electrons. The Morgan fingerprint density at radius 1 is 1.29 bits per heavy atom. The lowest BCUT2D eigenvalue weighted by Crippen LogP contribution is -2.51. The first kappa shape index (κ1) is 14.4. The Morgan fingerprint density at radius 2 is 2.00 bits per heavy atom. The van der Waals surface area contributed by atoms with E-state index in [1.807, 2.05) is 29.2 Å². The average Bonchev–Trinajstić information content (AvgIpc) is 3.16. The number of amides is 1. The largest absolute Gasteiger partial charge is 0.481 e. The van der Waals surface area contributed by atoms with E-state index in [0.29, 0.717) is 23.8 Å². The molecular weight excluding hydrogens is 290 g/mol. The molecular formula is C16H18ClNO3. The summed E-state index contributed by atoms with van der Waals surface area (Å²) in [5.41, 5.74) is 0.998. The number of carbonyl (C=O) groups is 2. The van der Waals surface area contributed by atoms with Gasteiger partial charge in [-0.05, 0) is 36.3 Å². The Balaban J connectivity index is 1.42. The summed E-state index contributed by atoms with van der Waals surface area (Å²) in [6.45, 7) is 1.44. The van der Waals surface area contributed by atoms with Gasteiger partial charge in [-0.1, -0.05) is 29.8 Å². The number of carbonyl (C=O) groups excluding carboxylic acids is 1. The fourth-order valence-corrected chi connectivity index (χ4v) is 3.34. The Kier molecular flexibility index (Phi) is 3.89. The van der Waals surface area contributed by atoms with Gasteiger partial charge in [-0.2, -0.15) is 0 Å². The molecule has 4 nitrogen and oxygen atoms in total. The van der Waals surface area contributed by atoms with Crippen molar-refractivity contribution in [2.24, 2.45) is 17.8 Å². The summed E-state index contributed by atoms with van der Waals surface area (Å²) in [6.07, 6.45) is 1.89. The fourth-order valence-electron chi connectivity index (χ4n) is 3.11. The predicted octanol–water partition coefficient (Wildman–Crippen LogP) is 2.45. The van der Waals surface area contributed by atoms with Crippen molar-refractivity contribution >= 4 is 23.5 Å². The van der Waals surface area contributed by atoms with Crippen molar-refractivity contribution in [1.82, 2.24) is 4.90 Å². The maximum Gasteiger partial charge on any atom is 0.306 e. The van der Waals surface area contributed by atoms with E-state index in [-0.39, 0.29) is 17.7 Å².